The second-order valence-electron chi connectivity index (χ2n) is 8.04. The average molecular weight is 418 g/mol. The second kappa shape index (κ2) is 8.93. The Hall–Kier alpha value is -1.77. The molecule has 2 aromatic heterocycles. The molecule has 0 spiro atoms. The van der Waals surface area contributed by atoms with Crippen LogP contribution in [0, 0.1) is 6.92 Å². The van der Waals surface area contributed by atoms with Crippen molar-refractivity contribution in [3.63, 3.8) is 0 Å². The topological polar surface area (TPSA) is 63.5 Å². The Morgan fingerprint density at radius 3 is 2.72 bits per heavy atom. The molecule has 0 unspecified atom stereocenters. The van der Waals surface area contributed by atoms with Crippen molar-refractivity contribution in [1.82, 2.24) is 24.6 Å². The van der Waals surface area contributed by atoms with Crippen LogP contribution >= 0.6 is 11.3 Å². The normalized spacial score (nSPS) is 23.5. The van der Waals surface area contributed by atoms with Crippen molar-refractivity contribution in [2.75, 3.05) is 32.8 Å². The van der Waals surface area contributed by atoms with Crippen LogP contribution in [0.25, 0.3) is 0 Å². The van der Waals surface area contributed by atoms with Gasteiger partial charge >= 0.3 is 0 Å². The third-order valence-electron chi connectivity index (χ3n) is 5.90. The molecule has 2 fully saturated rings. The van der Waals surface area contributed by atoms with E-state index in [9.17, 15) is 4.79 Å². The van der Waals surface area contributed by atoms with Gasteiger partial charge in [-0.05, 0) is 39.3 Å². The fraction of sp³-hybridized carbons (Fsp3) is 0.667. The number of carbonyl (C=O) groups excluding carboxylic acids is 1. The van der Waals surface area contributed by atoms with Crippen LogP contribution in [0.15, 0.2) is 12.4 Å². The molecule has 158 valence electrons. The highest BCUT2D eigenvalue weighted by atomic mass is 32.1. The molecule has 0 radical (unpaired) electrons. The monoisotopic (exact) mass is 417 g/mol. The number of nitrogens with zero attached hydrogens (tertiary/aromatic N) is 5. The van der Waals surface area contributed by atoms with Crippen LogP contribution in [0.3, 0.4) is 0 Å². The molecular formula is C21H31N5O2S. The Morgan fingerprint density at radius 1 is 1.28 bits per heavy atom. The third-order valence-corrected chi connectivity index (χ3v) is 7.19. The smallest absolute Gasteiger partial charge is 0.266 e. The number of hydrogen-bond donors (Lipinski definition) is 0. The van der Waals surface area contributed by atoms with Gasteiger partial charge in [-0.2, -0.15) is 5.10 Å². The number of aromatic nitrogens is 3. The molecule has 0 bridgehead atoms. The van der Waals surface area contributed by atoms with Gasteiger partial charge in [0, 0.05) is 31.9 Å². The van der Waals surface area contributed by atoms with Crippen LogP contribution in [-0.4, -0.2) is 69.4 Å². The van der Waals surface area contributed by atoms with Gasteiger partial charge in [0.05, 0.1) is 35.7 Å². The highest BCUT2D eigenvalue weighted by molar-refractivity contribution is 7.13. The van der Waals surface area contributed by atoms with Crippen LogP contribution in [0.2, 0.25) is 0 Å². The first-order chi connectivity index (χ1) is 14.1. The van der Waals surface area contributed by atoms with E-state index in [1.54, 1.807) is 4.68 Å². The number of aryl methyl sites for hydroxylation is 3. The summed E-state index contributed by atoms with van der Waals surface area (Å²) in [5.41, 5.74) is 1.88. The molecule has 4 rings (SSSR count). The van der Waals surface area contributed by atoms with Gasteiger partial charge < -0.3 is 14.5 Å². The van der Waals surface area contributed by atoms with Crippen molar-refractivity contribution < 1.29 is 9.53 Å². The highest BCUT2D eigenvalue weighted by Crippen LogP contribution is 2.33. The van der Waals surface area contributed by atoms with E-state index in [0.29, 0.717) is 13.2 Å². The van der Waals surface area contributed by atoms with Crippen molar-refractivity contribution in [2.24, 2.45) is 7.05 Å². The highest BCUT2D eigenvalue weighted by Gasteiger charge is 2.39. The Balaban J connectivity index is 1.63. The summed E-state index contributed by atoms with van der Waals surface area (Å²) in [5, 5.41) is 5.39. The Morgan fingerprint density at radius 2 is 2.07 bits per heavy atom. The molecule has 29 heavy (non-hydrogen) atoms. The SMILES string of the molecule is CCc1nc(C)c(C(=O)N2CCO[C@@H](CN3CCCCC3)[C@@H]2c2cnn(C)c2)s1. The van der Waals surface area contributed by atoms with Gasteiger partial charge in [-0.3, -0.25) is 9.48 Å². The zero-order chi connectivity index (χ0) is 20.4. The molecule has 2 aliphatic rings. The quantitative estimate of drug-likeness (QED) is 0.749. The lowest BCUT2D eigenvalue weighted by molar-refractivity contribution is -0.0740. The van der Waals surface area contributed by atoms with Gasteiger partial charge in [0.25, 0.3) is 5.91 Å². The van der Waals surface area contributed by atoms with E-state index in [2.05, 4.69) is 21.9 Å². The number of thiazole rings is 1. The summed E-state index contributed by atoms with van der Waals surface area (Å²) in [5.74, 6) is 0.0699. The molecule has 2 aromatic rings. The zero-order valence-corrected chi connectivity index (χ0v) is 18.5. The predicted molar refractivity (Wildman–Crippen MR) is 113 cm³/mol. The summed E-state index contributed by atoms with van der Waals surface area (Å²) in [7, 11) is 1.92. The maximum absolute atomic E-state index is 13.6. The first-order valence-corrected chi connectivity index (χ1v) is 11.5. The number of carbonyl (C=O) groups is 1. The molecule has 2 atom stereocenters. The van der Waals surface area contributed by atoms with Gasteiger partial charge in [0.15, 0.2) is 0 Å². The Kier molecular flexibility index (Phi) is 6.32. The fourth-order valence-corrected chi connectivity index (χ4v) is 5.39. The molecule has 4 heterocycles. The van der Waals surface area contributed by atoms with Gasteiger partial charge in [-0.1, -0.05) is 13.3 Å². The molecule has 8 heteroatoms. The second-order valence-corrected chi connectivity index (χ2v) is 9.12. The third kappa shape index (κ3) is 4.39. The van der Waals surface area contributed by atoms with Crippen LogP contribution in [-0.2, 0) is 18.2 Å². The summed E-state index contributed by atoms with van der Waals surface area (Å²) in [6.07, 6.45) is 8.49. The minimum atomic E-state index is -0.126. The molecule has 2 aliphatic heterocycles. The van der Waals surface area contributed by atoms with Crippen molar-refractivity contribution >= 4 is 17.2 Å². The minimum absolute atomic E-state index is 0.0473. The van der Waals surface area contributed by atoms with Crippen LogP contribution in [0.5, 0.6) is 0 Å². The van der Waals surface area contributed by atoms with E-state index >= 15 is 0 Å². The first kappa shape index (κ1) is 20.5. The Labute approximate surface area is 176 Å². The van der Waals surface area contributed by atoms with Crippen LogP contribution in [0.1, 0.15) is 58.2 Å². The largest absolute Gasteiger partial charge is 0.373 e. The van der Waals surface area contributed by atoms with E-state index in [1.807, 2.05) is 31.3 Å². The molecule has 7 nitrogen and oxygen atoms in total. The molecule has 2 saturated heterocycles. The van der Waals surface area contributed by atoms with Gasteiger partial charge in [-0.15, -0.1) is 11.3 Å². The molecule has 1 amide bonds. The van der Waals surface area contributed by atoms with Gasteiger partial charge in [0.2, 0.25) is 0 Å². The van der Waals surface area contributed by atoms with Crippen molar-refractivity contribution in [1.29, 1.82) is 0 Å². The number of rotatable bonds is 5. The van der Waals surface area contributed by atoms with Crippen LogP contribution in [0.4, 0.5) is 0 Å². The maximum atomic E-state index is 13.6. The number of morpholine rings is 1. The lowest BCUT2D eigenvalue weighted by Gasteiger charge is -2.43. The molecule has 0 N–H and O–H groups in total. The standard InChI is InChI=1S/C21H31N5O2S/c1-4-18-23-15(2)20(29-18)21(27)26-10-11-28-17(14-25-8-6-5-7-9-25)19(26)16-12-22-24(3)13-16/h12-13,17,19H,4-11,14H2,1-3H3/t17-,19-/m0/s1. The predicted octanol–water partition coefficient (Wildman–Crippen LogP) is 2.82. The molecular weight excluding hydrogens is 386 g/mol. The number of ether oxygens (including phenoxy) is 1. The molecule has 0 aliphatic carbocycles. The van der Waals surface area contributed by atoms with Crippen molar-refractivity contribution in [2.45, 2.75) is 51.7 Å². The maximum Gasteiger partial charge on any atom is 0.266 e. The molecule has 0 aromatic carbocycles. The number of amides is 1. The van der Waals surface area contributed by atoms with E-state index in [0.717, 1.165) is 47.2 Å². The van der Waals surface area contributed by atoms with Crippen LogP contribution < -0.4 is 0 Å². The summed E-state index contributed by atoms with van der Waals surface area (Å²) in [4.78, 5) is 23.4. The summed E-state index contributed by atoms with van der Waals surface area (Å²) in [6.45, 7) is 8.25. The van der Waals surface area contributed by atoms with Gasteiger partial charge in [0.1, 0.15) is 4.88 Å². The summed E-state index contributed by atoms with van der Waals surface area (Å²) < 4.78 is 8.05. The molecule has 0 saturated carbocycles. The van der Waals surface area contributed by atoms with E-state index in [4.69, 9.17) is 4.74 Å². The number of likely N-dealkylation sites (tertiary alicyclic amines) is 1. The average Bonchev–Trinajstić information content (AvgIpc) is 3.33. The van der Waals surface area contributed by atoms with Crippen molar-refractivity contribution in [3.8, 4) is 0 Å². The summed E-state index contributed by atoms with van der Waals surface area (Å²) >= 11 is 1.53. The van der Waals surface area contributed by atoms with E-state index in [1.165, 1.54) is 30.6 Å². The Bertz CT molecular complexity index is 842. The number of piperidine rings is 1. The van der Waals surface area contributed by atoms with Gasteiger partial charge in [-0.25, -0.2) is 4.98 Å². The number of hydrogen-bond acceptors (Lipinski definition) is 6. The van der Waals surface area contributed by atoms with Crippen molar-refractivity contribution in [3.05, 3.63) is 33.5 Å². The first-order valence-electron chi connectivity index (χ1n) is 10.7. The lowest BCUT2D eigenvalue weighted by atomic mass is 9.99. The summed E-state index contributed by atoms with van der Waals surface area (Å²) in [6, 6.07) is -0.126. The lowest BCUT2D eigenvalue weighted by Crippen LogP contribution is -2.52. The zero-order valence-electron chi connectivity index (χ0n) is 17.6. The fourth-order valence-electron chi connectivity index (χ4n) is 4.43. The minimum Gasteiger partial charge on any atom is -0.373 e. The van der Waals surface area contributed by atoms with E-state index in [-0.39, 0.29) is 18.1 Å². The van der Waals surface area contributed by atoms with E-state index < -0.39 is 0 Å².